The lowest BCUT2D eigenvalue weighted by molar-refractivity contribution is -0.143. The first-order valence-corrected chi connectivity index (χ1v) is 11.6. The number of ether oxygens (including phenoxy) is 1. The van der Waals surface area contributed by atoms with Gasteiger partial charge in [0, 0.05) is 35.3 Å². The van der Waals surface area contributed by atoms with Gasteiger partial charge in [-0.05, 0) is 49.2 Å². The molecule has 1 heterocycles. The molecule has 1 fully saturated rings. The van der Waals surface area contributed by atoms with E-state index in [4.69, 9.17) is 27.9 Å². The van der Waals surface area contributed by atoms with Crippen LogP contribution in [0.5, 0.6) is 0 Å². The number of hydrogen-bond acceptors (Lipinski definition) is 4. The van der Waals surface area contributed by atoms with Crippen LogP contribution in [-0.2, 0) is 19.6 Å². The second-order valence-electron chi connectivity index (χ2n) is 7.40. The summed E-state index contributed by atoms with van der Waals surface area (Å²) in [5, 5.41) is 1.13. The molecule has 0 N–H and O–H groups in total. The lowest BCUT2D eigenvalue weighted by Crippen LogP contribution is -2.52. The van der Waals surface area contributed by atoms with Crippen molar-refractivity contribution in [3.8, 4) is 0 Å². The SMILES string of the molecule is CC(=O)O[C@H]1C[C@H](c2cccc(Cl)c2)[C@@H](c2ccc(Cl)cc2)N(C(C)C)S1(=O)=O. The van der Waals surface area contributed by atoms with Crippen LogP contribution < -0.4 is 0 Å². The first kappa shape index (κ1) is 22.1. The minimum absolute atomic E-state index is 0.138. The fourth-order valence-electron chi connectivity index (χ4n) is 3.93. The second-order valence-corrected chi connectivity index (χ2v) is 10.3. The Kier molecular flexibility index (Phi) is 6.58. The van der Waals surface area contributed by atoms with Crippen LogP contribution in [-0.4, -0.2) is 30.2 Å². The molecule has 1 aliphatic heterocycles. The lowest BCUT2D eigenvalue weighted by atomic mass is 9.84. The Hall–Kier alpha value is -1.60. The fraction of sp³-hybridized carbons (Fsp3) is 0.381. The monoisotopic (exact) mass is 455 g/mol. The van der Waals surface area contributed by atoms with Gasteiger partial charge in [-0.25, -0.2) is 8.42 Å². The van der Waals surface area contributed by atoms with Crippen molar-refractivity contribution in [1.29, 1.82) is 0 Å². The second kappa shape index (κ2) is 8.64. The third kappa shape index (κ3) is 4.61. The zero-order chi connectivity index (χ0) is 21.3. The highest BCUT2D eigenvalue weighted by Crippen LogP contribution is 2.48. The molecule has 1 saturated heterocycles. The Morgan fingerprint density at radius 1 is 1.07 bits per heavy atom. The largest absolute Gasteiger partial charge is 0.445 e. The predicted octanol–water partition coefficient (Wildman–Crippen LogP) is 5.15. The number of sulfonamides is 1. The zero-order valence-corrected chi connectivity index (χ0v) is 18.7. The van der Waals surface area contributed by atoms with Crippen molar-refractivity contribution in [2.75, 3.05) is 0 Å². The molecule has 1 aliphatic rings. The summed E-state index contributed by atoms with van der Waals surface area (Å²) < 4.78 is 33.5. The normalized spacial score (nSPS) is 24.4. The van der Waals surface area contributed by atoms with Crippen LogP contribution in [0.15, 0.2) is 48.5 Å². The molecule has 0 saturated carbocycles. The Balaban J connectivity index is 2.20. The first-order chi connectivity index (χ1) is 13.6. The van der Waals surface area contributed by atoms with Gasteiger partial charge in [0.25, 0.3) is 10.0 Å². The minimum Gasteiger partial charge on any atom is -0.445 e. The molecule has 2 aromatic rings. The Bertz CT molecular complexity index is 992. The molecule has 0 aliphatic carbocycles. The highest BCUT2D eigenvalue weighted by molar-refractivity contribution is 7.89. The molecular formula is C21H23Cl2NO4S. The van der Waals surface area contributed by atoms with Gasteiger partial charge in [0.05, 0.1) is 6.04 Å². The van der Waals surface area contributed by atoms with Gasteiger partial charge in [-0.15, -0.1) is 0 Å². The third-order valence-corrected chi connectivity index (χ3v) is 7.70. The van der Waals surface area contributed by atoms with E-state index in [0.29, 0.717) is 10.0 Å². The molecule has 8 heteroatoms. The number of rotatable bonds is 4. The standard InChI is InChI=1S/C21H23Cl2NO4S/c1-13(2)24-21(15-7-9-17(22)10-8-15)19(16-5-4-6-18(23)11-16)12-20(28-14(3)25)29(24,26)27/h4-11,13,19-21H,12H2,1-3H3/t19-,20-,21-/m1/s1. The van der Waals surface area contributed by atoms with E-state index in [1.807, 2.05) is 44.2 Å². The van der Waals surface area contributed by atoms with Crippen molar-refractivity contribution in [3.63, 3.8) is 0 Å². The number of carbonyl (C=O) groups excluding carboxylic acids is 1. The van der Waals surface area contributed by atoms with E-state index in [9.17, 15) is 13.2 Å². The maximum atomic E-state index is 13.4. The van der Waals surface area contributed by atoms with Crippen LogP contribution >= 0.6 is 23.2 Å². The van der Waals surface area contributed by atoms with E-state index < -0.39 is 27.5 Å². The van der Waals surface area contributed by atoms with Gasteiger partial charge in [0.15, 0.2) is 0 Å². The van der Waals surface area contributed by atoms with E-state index in [1.54, 1.807) is 18.2 Å². The van der Waals surface area contributed by atoms with E-state index in [0.717, 1.165) is 11.1 Å². The number of nitrogens with zero attached hydrogens (tertiary/aromatic N) is 1. The number of esters is 1. The predicted molar refractivity (Wildman–Crippen MR) is 114 cm³/mol. The third-order valence-electron chi connectivity index (χ3n) is 5.02. The molecule has 3 rings (SSSR count). The van der Waals surface area contributed by atoms with Crippen LogP contribution in [0.4, 0.5) is 0 Å². The molecule has 3 atom stereocenters. The maximum Gasteiger partial charge on any atom is 0.303 e. The highest BCUT2D eigenvalue weighted by atomic mass is 35.5. The van der Waals surface area contributed by atoms with Crippen LogP contribution in [0.25, 0.3) is 0 Å². The summed E-state index contributed by atoms with van der Waals surface area (Å²) in [5.41, 5.74) is 0.447. The van der Waals surface area contributed by atoms with Gasteiger partial charge in [-0.1, -0.05) is 47.5 Å². The zero-order valence-electron chi connectivity index (χ0n) is 16.4. The molecule has 2 aromatic carbocycles. The first-order valence-electron chi connectivity index (χ1n) is 9.31. The average molecular weight is 456 g/mol. The van der Waals surface area contributed by atoms with Crippen LogP contribution in [0.3, 0.4) is 0 Å². The Morgan fingerprint density at radius 2 is 1.72 bits per heavy atom. The molecule has 29 heavy (non-hydrogen) atoms. The van der Waals surface area contributed by atoms with Crippen molar-refractivity contribution in [3.05, 3.63) is 69.7 Å². The summed E-state index contributed by atoms with van der Waals surface area (Å²) in [6.07, 6.45) is 0.138. The van der Waals surface area contributed by atoms with Crippen LogP contribution in [0.2, 0.25) is 10.0 Å². The number of hydrogen-bond donors (Lipinski definition) is 0. The Labute approximate surface area is 181 Å². The fourth-order valence-corrected chi connectivity index (χ4v) is 6.41. The van der Waals surface area contributed by atoms with Crippen molar-refractivity contribution in [2.24, 2.45) is 0 Å². The van der Waals surface area contributed by atoms with Crippen LogP contribution in [0.1, 0.15) is 50.3 Å². The van der Waals surface area contributed by atoms with Gasteiger partial charge < -0.3 is 4.74 Å². The molecule has 0 spiro atoms. The van der Waals surface area contributed by atoms with Crippen molar-refractivity contribution < 1.29 is 17.9 Å². The summed E-state index contributed by atoms with van der Waals surface area (Å²) in [7, 11) is -3.89. The summed E-state index contributed by atoms with van der Waals surface area (Å²) >= 11 is 12.3. The summed E-state index contributed by atoms with van der Waals surface area (Å²) in [5.74, 6) is -0.887. The van der Waals surface area contributed by atoms with E-state index in [2.05, 4.69) is 0 Å². The topological polar surface area (TPSA) is 63.7 Å². The van der Waals surface area contributed by atoms with Crippen molar-refractivity contribution >= 4 is 39.2 Å². The van der Waals surface area contributed by atoms with E-state index in [1.165, 1.54) is 11.2 Å². The maximum absolute atomic E-state index is 13.4. The smallest absolute Gasteiger partial charge is 0.303 e. The molecule has 156 valence electrons. The van der Waals surface area contributed by atoms with Gasteiger partial charge in [0.1, 0.15) is 0 Å². The molecule has 0 amide bonds. The number of benzene rings is 2. The van der Waals surface area contributed by atoms with Gasteiger partial charge in [0.2, 0.25) is 5.44 Å². The van der Waals surface area contributed by atoms with E-state index >= 15 is 0 Å². The van der Waals surface area contributed by atoms with Crippen molar-refractivity contribution in [2.45, 2.75) is 50.6 Å². The Morgan fingerprint density at radius 3 is 2.28 bits per heavy atom. The summed E-state index contributed by atoms with van der Waals surface area (Å²) in [4.78, 5) is 11.6. The molecule has 0 aromatic heterocycles. The highest BCUT2D eigenvalue weighted by Gasteiger charge is 2.50. The van der Waals surface area contributed by atoms with Gasteiger partial charge >= 0.3 is 5.97 Å². The lowest BCUT2D eigenvalue weighted by Gasteiger charge is -2.45. The average Bonchev–Trinajstić information content (AvgIpc) is 2.62. The molecule has 5 nitrogen and oxygen atoms in total. The quantitative estimate of drug-likeness (QED) is 0.597. The van der Waals surface area contributed by atoms with E-state index in [-0.39, 0.29) is 18.4 Å². The summed E-state index contributed by atoms with van der Waals surface area (Å²) in [6, 6.07) is 13.7. The van der Waals surface area contributed by atoms with Crippen LogP contribution in [0, 0.1) is 0 Å². The molecule has 0 radical (unpaired) electrons. The van der Waals surface area contributed by atoms with Gasteiger partial charge in [-0.2, -0.15) is 4.31 Å². The molecule has 0 bridgehead atoms. The molecule has 0 unspecified atom stereocenters. The minimum atomic E-state index is -3.89. The van der Waals surface area contributed by atoms with Gasteiger partial charge in [-0.3, -0.25) is 4.79 Å². The van der Waals surface area contributed by atoms with Crippen molar-refractivity contribution in [1.82, 2.24) is 4.31 Å². The number of carbonyl (C=O) groups is 1. The molecular weight excluding hydrogens is 433 g/mol. The number of halogens is 2. The summed E-state index contributed by atoms with van der Waals surface area (Å²) in [6.45, 7) is 4.84.